The number of pyridine rings is 1. The van der Waals surface area contributed by atoms with Gasteiger partial charge >= 0.3 is 0 Å². The van der Waals surface area contributed by atoms with Gasteiger partial charge in [0.1, 0.15) is 6.07 Å². The Morgan fingerprint density at radius 2 is 2.10 bits per heavy atom. The fourth-order valence-electron chi connectivity index (χ4n) is 5.86. The first-order valence-electron chi connectivity index (χ1n) is 14.7. The van der Waals surface area contributed by atoms with E-state index in [1.165, 1.54) is 28.8 Å². The number of aromatic nitrogens is 1. The van der Waals surface area contributed by atoms with E-state index in [0.29, 0.717) is 34.7 Å². The van der Waals surface area contributed by atoms with Crippen molar-refractivity contribution >= 4 is 45.2 Å². The maximum Gasteiger partial charge on any atom is 0.103 e. The maximum absolute atomic E-state index is 9.90. The third-order valence-electron chi connectivity index (χ3n) is 8.47. The van der Waals surface area contributed by atoms with Crippen molar-refractivity contribution in [1.82, 2.24) is 25.9 Å². The molecule has 3 aliphatic heterocycles. The third kappa shape index (κ3) is 5.40. The zero-order valence-corrected chi connectivity index (χ0v) is 25.8. The van der Waals surface area contributed by atoms with E-state index in [1.54, 1.807) is 6.20 Å². The van der Waals surface area contributed by atoms with Crippen molar-refractivity contribution in [2.24, 2.45) is 5.41 Å². The summed E-state index contributed by atoms with van der Waals surface area (Å²) < 4.78 is 5.47. The van der Waals surface area contributed by atoms with Gasteiger partial charge in [0, 0.05) is 54.0 Å². The number of ether oxygens (including phenoxy) is 1. The van der Waals surface area contributed by atoms with E-state index >= 15 is 0 Å². The number of halogens is 1. The topological polar surface area (TPSA) is 101 Å². The molecule has 4 N–H and O–H groups in total. The van der Waals surface area contributed by atoms with Crippen LogP contribution in [-0.4, -0.2) is 53.3 Å². The highest BCUT2D eigenvalue weighted by Gasteiger charge is 2.35. The number of nitrogens with zero attached hydrogens (tertiary/aromatic N) is 4. The van der Waals surface area contributed by atoms with Crippen molar-refractivity contribution in [2.45, 2.75) is 64.7 Å². The quantitative estimate of drug-likeness (QED) is 0.265. The van der Waals surface area contributed by atoms with E-state index in [4.69, 9.17) is 16.3 Å². The SMILES string of the molecule is CC(C)(C)CNc1c(C#N)cnc2c(Cl)cc(N[C@H](C3=CN(C4CC4)NN3)c3csc4c3CCN(C3COC3)C4)cc12. The number of nitrogens with one attached hydrogen (secondary N) is 4. The highest BCUT2D eigenvalue weighted by molar-refractivity contribution is 7.10. The molecule has 5 heterocycles. The average Bonchev–Trinajstić information content (AvgIpc) is 3.51. The summed E-state index contributed by atoms with van der Waals surface area (Å²) in [5.74, 6) is 0. The smallest absolute Gasteiger partial charge is 0.103 e. The summed E-state index contributed by atoms with van der Waals surface area (Å²) in [4.78, 5) is 8.56. The normalized spacial score (nSPS) is 20.0. The number of rotatable bonds is 8. The molecule has 2 fully saturated rings. The van der Waals surface area contributed by atoms with E-state index in [1.807, 2.05) is 17.4 Å². The molecule has 0 amide bonds. The van der Waals surface area contributed by atoms with Gasteiger partial charge in [-0.2, -0.15) is 5.26 Å². The minimum Gasteiger partial charge on any atom is -0.383 e. The summed E-state index contributed by atoms with van der Waals surface area (Å²) in [6, 6.07) is 7.31. The second-order valence-corrected chi connectivity index (χ2v) is 14.3. The van der Waals surface area contributed by atoms with E-state index in [9.17, 15) is 5.26 Å². The fourth-order valence-corrected chi connectivity index (χ4v) is 7.28. The molecule has 3 aromatic rings. The van der Waals surface area contributed by atoms with E-state index in [2.05, 4.69) is 81.0 Å². The summed E-state index contributed by atoms with van der Waals surface area (Å²) in [6.45, 7) is 10.9. The van der Waals surface area contributed by atoms with Crippen LogP contribution in [0.4, 0.5) is 11.4 Å². The van der Waals surface area contributed by atoms with Gasteiger partial charge in [0.2, 0.25) is 0 Å². The van der Waals surface area contributed by atoms with Crippen LogP contribution in [0, 0.1) is 16.7 Å². The molecular formula is C31H37ClN8OS. The highest BCUT2D eigenvalue weighted by Crippen LogP contribution is 2.40. The van der Waals surface area contributed by atoms with E-state index in [0.717, 1.165) is 55.2 Å². The summed E-state index contributed by atoms with van der Waals surface area (Å²) in [7, 11) is 0. The number of hydrogen-bond acceptors (Lipinski definition) is 10. The van der Waals surface area contributed by atoms with Crippen LogP contribution in [-0.2, 0) is 17.7 Å². The summed E-state index contributed by atoms with van der Waals surface area (Å²) in [5.41, 5.74) is 13.5. The van der Waals surface area contributed by atoms with Crippen LogP contribution < -0.4 is 21.6 Å². The first-order chi connectivity index (χ1) is 20.3. The fraction of sp³-hybridized carbons (Fsp3) is 0.484. The first kappa shape index (κ1) is 27.7. The van der Waals surface area contributed by atoms with E-state index < -0.39 is 0 Å². The second-order valence-electron chi connectivity index (χ2n) is 13.0. The van der Waals surface area contributed by atoms with Gasteiger partial charge in [0.15, 0.2) is 0 Å². The number of anilines is 2. The van der Waals surface area contributed by atoms with Crippen LogP contribution in [0.3, 0.4) is 0 Å². The number of nitriles is 1. The lowest BCUT2D eigenvalue weighted by atomic mass is 9.95. The van der Waals surface area contributed by atoms with Gasteiger partial charge in [0.05, 0.1) is 52.8 Å². The molecule has 9 nitrogen and oxygen atoms in total. The van der Waals surface area contributed by atoms with Gasteiger partial charge in [0.25, 0.3) is 0 Å². The number of hydrazine groups is 2. The van der Waals surface area contributed by atoms with Gasteiger partial charge < -0.3 is 20.8 Å². The molecule has 1 aliphatic carbocycles. The van der Waals surface area contributed by atoms with Crippen LogP contribution in [0.1, 0.15) is 61.2 Å². The Hall–Kier alpha value is -3.07. The zero-order chi connectivity index (χ0) is 29.0. The summed E-state index contributed by atoms with van der Waals surface area (Å²) >= 11 is 8.72. The Labute approximate surface area is 255 Å². The molecule has 220 valence electrons. The van der Waals surface area contributed by atoms with Gasteiger partial charge in [-0.1, -0.05) is 32.4 Å². The predicted molar refractivity (Wildman–Crippen MR) is 168 cm³/mol. The van der Waals surface area contributed by atoms with Gasteiger partial charge in [-0.25, -0.2) is 0 Å². The third-order valence-corrected chi connectivity index (χ3v) is 9.79. The molecule has 2 aromatic heterocycles. The largest absolute Gasteiger partial charge is 0.383 e. The standard InChI is InChI=1S/C31H37ClN8OS/c1-31(2,3)17-35-28-18(10-33)11-34-29-23(28)8-19(9-25(29)32)36-30(26-12-40(38-37-26)20-4-5-20)24-16-42-27-13-39(7-6-22(24)27)21-14-41-15-21/h8-9,11-12,16,20-21,30,36-38H,4-7,13-15,17H2,1-3H3,(H,34,35)/t30-/m0/s1. The maximum atomic E-state index is 9.90. The number of fused-ring (bicyclic) bond motifs is 2. The molecule has 4 aliphatic rings. The van der Waals surface area contributed by atoms with Crippen LogP contribution in [0.15, 0.2) is 35.6 Å². The molecule has 0 spiro atoms. The number of thiophene rings is 1. The minimum absolute atomic E-state index is 0.0351. The average molecular weight is 605 g/mol. The van der Waals surface area contributed by atoms with E-state index in [-0.39, 0.29) is 11.5 Å². The molecule has 42 heavy (non-hydrogen) atoms. The van der Waals surface area contributed by atoms with Crippen LogP contribution in [0.5, 0.6) is 0 Å². The van der Waals surface area contributed by atoms with Gasteiger partial charge in [-0.3, -0.25) is 14.9 Å². The molecule has 0 unspecified atom stereocenters. The Balaban J connectivity index is 1.26. The Kier molecular flexibility index (Phi) is 7.19. The molecule has 1 atom stereocenters. The monoisotopic (exact) mass is 604 g/mol. The summed E-state index contributed by atoms with van der Waals surface area (Å²) in [5, 5.41) is 23.2. The lowest BCUT2D eigenvalue weighted by Gasteiger charge is -2.39. The molecule has 0 radical (unpaired) electrons. The molecule has 1 aromatic carbocycles. The Morgan fingerprint density at radius 3 is 2.81 bits per heavy atom. The predicted octanol–water partition coefficient (Wildman–Crippen LogP) is 5.52. The van der Waals surface area contributed by atoms with Crippen LogP contribution in [0.2, 0.25) is 5.02 Å². The van der Waals surface area contributed by atoms with Crippen LogP contribution in [0.25, 0.3) is 10.9 Å². The minimum atomic E-state index is -0.105. The van der Waals surface area contributed by atoms with Crippen molar-refractivity contribution in [3.63, 3.8) is 0 Å². The molecule has 1 saturated carbocycles. The zero-order valence-electron chi connectivity index (χ0n) is 24.3. The van der Waals surface area contributed by atoms with Gasteiger partial charge in [-0.15, -0.1) is 16.9 Å². The van der Waals surface area contributed by atoms with Crippen molar-refractivity contribution in [3.8, 4) is 6.07 Å². The Bertz CT molecular complexity index is 1580. The van der Waals surface area contributed by atoms with Crippen molar-refractivity contribution in [1.29, 1.82) is 5.26 Å². The lowest BCUT2D eigenvalue weighted by molar-refractivity contribution is -0.0691. The number of hydrogen-bond donors (Lipinski definition) is 4. The lowest BCUT2D eigenvalue weighted by Crippen LogP contribution is -2.50. The second kappa shape index (κ2) is 10.9. The highest BCUT2D eigenvalue weighted by atomic mass is 35.5. The Morgan fingerprint density at radius 1 is 1.26 bits per heavy atom. The van der Waals surface area contributed by atoms with Crippen molar-refractivity contribution in [3.05, 3.63) is 62.2 Å². The molecule has 1 saturated heterocycles. The first-order valence-corrected chi connectivity index (χ1v) is 16.0. The molecule has 0 bridgehead atoms. The molecule has 7 rings (SSSR count). The molecule has 11 heteroatoms. The summed E-state index contributed by atoms with van der Waals surface area (Å²) in [6.07, 6.45) is 7.23. The number of benzene rings is 1. The van der Waals surface area contributed by atoms with Crippen LogP contribution >= 0.6 is 22.9 Å². The molecular weight excluding hydrogens is 568 g/mol. The van der Waals surface area contributed by atoms with Crippen molar-refractivity contribution in [2.75, 3.05) is 36.9 Å². The van der Waals surface area contributed by atoms with Crippen molar-refractivity contribution < 1.29 is 4.74 Å². The van der Waals surface area contributed by atoms with Gasteiger partial charge in [-0.05, 0) is 53.3 Å².